The highest BCUT2D eigenvalue weighted by atomic mass is 16.5. The summed E-state index contributed by atoms with van der Waals surface area (Å²) in [6.45, 7) is 4.58. The zero-order valence-corrected chi connectivity index (χ0v) is 18.9. The van der Waals surface area contributed by atoms with E-state index in [4.69, 9.17) is 4.74 Å². The first kappa shape index (κ1) is 23.1. The molecule has 0 bridgehead atoms. The summed E-state index contributed by atoms with van der Waals surface area (Å²) in [5.41, 5.74) is 3.09. The lowest BCUT2D eigenvalue weighted by Crippen LogP contribution is -2.34. The highest BCUT2D eigenvalue weighted by Gasteiger charge is 2.19. The predicted molar refractivity (Wildman–Crippen MR) is 128 cm³/mol. The molecule has 0 heterocycles. The zero-order chi connectivity index (χ0) is 22.9. The molecular formula is C27H30N2O3. The monoisotopic (exact) mass is 430 g/mol. The molecule has 0 fully saturated rings. The van der Waals surface area contributed by atoms with Crippen molar-refractivity contribution in [1.29, 1.82) is 0 Å². The molecule has 2 amide bonds. The average molecular weight is 431 g/mol. The van der Waals surface area contributed by atoms with Gasteiger partial charge in [-0.3, -0.25) is 9.59 Å². The van der Waals surface area contributed by atoms with E-state index in [9.17, 15) is 9.59 Å². The van der Waals surface area contributed by atoms with Crippen LogP contribution in [0.2, 0.25) is 0 Å². The molecule has 3 aromatic carbocycles. The SMILES string of the molecule is CCC(C)c1ccccc1OCC(=O)N(C)c1ccccc1C(=O)NCc1ccccc1. The van der Waals surface area contributed by atoms with Gasteiger partial charge >= 0.3 is 0 Å². The Bertz CT molecular complexity index is 1050. The number of hydrogen-bond donors (Lipinski definition) is 1. The zero-order valence-electron chi connectivity index (χ0n) is 18.9. The summed E-state index contributed by atoms with van der Waals surface area (Å²) in [6, 6.07) is 24.6. The first-order chi connectivity index (χ1) is 15.5. The number of para-hydroxylation sites is 2. The van der Waals surface area contributed by atoms with Gasteiger partial charge in [0.15, 0.2) is 6.61 Å². The van der Waals surface area contributed by atoms with Gasteiger partial charge in [0.25, 0.3) is 11.8 Å². The smallest absolute Gasteiger partial charge is 0.264 e. The molecule has 166 valence electrons. The first-order valence-electron chi connectivity index (χ1n) is 10.9. The van der Waals surface area contributed by atoms with Gasteiger partial charge in [0.2, 0.25) is 0 Å². The number of ether oxygens (including phenoxy) is 1. The van der Waals surface area contributed by atoms with E-state index < -0.39 is 0 Å². The van der Waals surface area contributed by atoms with Crippen LogP contribution in [0.25, 0.3) is 0 Å². The van der Waals surface area contributed by atoms with Crippen LogP contribution < -0.4 is 15.0 Å². The molecule has 0 aliphatic rings. The average Bonchev–Trinajstić information content (AvgIpc) is 2.85. The Balaban J connectivity index is 1.68. The van der Waals surface area contributed by atoms with E-state index in [1.165, 1.54) is 4.90 Å². The Hall–Kier alpha value is -3.60. The Morgan fingerprint density at radius 3 is 2.34 bits per heavy atom. The summed E-state index contributed by atoms with van der Waals surface area (Å²) < 4.78 is 5.88. The Labute approximate surface area is 190 Å². The molecule has 3 rings (SSSR count). The number of amides is 2. The number of rotatable bonds is 9. The molecule has 5 heteroatoms. The topological polar surface area (TPSA) is 58.6 Å². The van der Waals surface area contributed by atoms with E-state index in [1.54, 1.807) is 25.2 Å². The van der Waals surface area contributed by atoms with E-state index in [1.807, 2.05) is 60.7 Å². The minimum Gasteiger partial charge on any atom is -0.483 e. The van der Waals surface area contributed by atoms with Gasteiger partial charge in [-0.25, -0.2) is 0 Å². The first-order valence-corrected chi connectivity index (χ1v) is 10.9. The van der Waals surface area contributed by atoms with Crippen LogP contribution in [-0.2, 0) is 11.3 Å². The number of anilines is 1. The van der Waals surface area contributed by atoms with E-state index in [-0.39, 0.29) is 18.4 Å². The van der Waals surface area contributed by atoms with Crippen molar-refractivity contribution in [3.8, 4) is 5.75 Å². The van der Waals surface area contributed by atoms with Gasteiger partial charge in [0.1, 0.15) is 5.75 Å². The van der Waals surface area contributed by atoms with Gasteiger partial charge in [0, 0.05) is 13.6 Å². The van der Waals surface area contributed by atoms with Crippen LogP contribution in [0.1, 0.15) is 47.7 Å². The molecule has 1 atom stereocenters. The molecule has 0 aliphatic carbocycles. The second-order valence-electron chi connectivity index (χ2n) is 7.77. The summed E-state index contributed by atoms with van der Waals surface area (Å²) in [6.07, 6.45) is 0.986. The fourth-order valence-corrected chi connectivity index (χ4v) is 3.44. The summed E-state index contributed by atoms with van der Waals surface area (Å²) in [4.78, 5) is 27.2. The molecule has 0 aromatic heterocycles. The number of benzene rings is 3. The largest absolute Gasteiger partial charge is 0.483 e. The highest BCUT2D eigenvalue weighted by molar-refractivity contribution is 6.04. The quantitative estimate of drug-likeness (QED) is 0.509. The maximum atomic E-state index is 12.9. The molecule has 1 N–H and O–H groups in total. The van der Waals surface area contributed by atoms with Crippen molar-refractivity contribution in [3.05, 3.63) is 95.6 Å². The molecule has 32 heavy (non-hydrogen) atoms. The third kappa shape index (κ3) is 5.76. The fourth-order valence-electron chi connectivity index (χ4n) is 3.44. The summed E-state index contributed by atoms with van der Waals surface area (Å²) in [5, 5.41) is 2.93. The van der Waals surface area contributed by atoms with E-state index >= 15 is 0 Å². The van der Waals surface area contributed by atoms with Gasteiger partial charge in [-0.05, 0) is 41.7 Å². The van der Waals surface area contributed by atoms with Gasteiger partial charge in [0.05, 0.1) is 11.3 Å². The Morgan fingerprint density at radius 1 is 0.938 bits per heavy atom. The molecular weight excluding hydrogens is 400 g/mol. The minimum absolute atomic E-state index is 0.107. The molecule has 1 unspecified atom stereocenters. The molecule has 0 saturated carbocycles. The van der Waals surface area contributed by atoms with Gasteiger partial charge in [-0.2, -0.15) is 0 Å². The number of likely N-dealkylation sites (N-methyl/N-ethyl adjacent to an activating group) is 1. The molecule has 0 radical (unpaired) electrons. The molecule has 0 saturated heterocycles. The van der Waals surface area contributed by atoms with Crippen LogP contribution in [-0.4, -0.2) is 25.5 Å². The van der Waals surface area contributed by atoms with Crippen LogP contribution in [0.5, 0.6) is 5.75 Å². The van der Waals surface area contributed by atoms with Crippen LogP contribution >= 0.6 is 0 Å². The van der Waals surface area contributed by atoms with Crippen molar-refractivity contribution in [2.75, 3.05) is 18.6 Å². The summed E-state index contributed by atoms with van der Waals surface area (Å²) in [7, 11) is 1.66. The van der Waals surface area contributed by atoms with Crippen LogP contribution in [0.15, 0.2) is 78.9 Å². The standard InChI is InChI=1S/C27H30N2O3/c1-4-20(2)22-14-9-11-17-25(22)32-19-26(30)29(3)24-16-10-8-15-23(24)27(31)28-18-21-12-6-5-7-13-21/h5-17,20H,4,18-19H2,1-3H3,(H,28,31). The molecule has 0 aliphatic heterocycles. The molecule has 5 nitrogen and oxygen atoms in total. The lowest BCUT2D eigenvalue weighted by Gasteiger charge is -2.21. The van der Waals surface area contributed by atoms with Crippen molar-refractivity contribution in [1.82, 2.24) is 5.32 Å². The maximum absolute atomic E-state index is 12.9. The van der Waals surface area contributed by atoms with Crippen molar-refractivity contribution in [3.63, 3.8) is 0 Å². The lowest BCUT2D eigenvalue weighted by atomic mass is 9.98. The number of hydrogen-bond acceptors (Lipinski definition) is 3. The Kier molecular flexibility index (Phi) is 8.03. The van der Waals surface area contributed by atoms with Crippen LogP contribution in [0.3, 0.4) is 0 Å². The van der Waals surface area contributed by atoms with Gasteiger partial charge in [-0.15, -0.1) is 0 Å². The normalized spacial score (nSPS) is 11.5. The van der Waals surface area contributed by atoms with Crippen molar-refractivity contribution >= 4 is 17.5 Å². The number of nitrogens with zero attached hydrogens (tertiary/aromatic N) is 1. The lowest BCUT2D eigenvalue weighted by molar-refractivity contribution is -0.120. The second-order valence-corrected chi connectivity index (χ2v) is 7.77. The molecule has 0 spiro atoms. The number of carbonyl (C=O) groups is 2. The molecule has 3 aromatic rings. The van der Waals surface area contributed by atoms with Crippen molar-refractivity contribution in [2.24, 2.45) is 0 Å². The van der Waals surface area contributed by atoms with Crippen LogP contribution in [0.4, 0.5) is 5.69 Å². The van der Waals surface area contributed by atoms with Gasteiger partial charge < -0.3 is 15.0 Å². The van der Waals surface area contributed by atoms with E-state index in [0.717, 1.165) is 23.3 Å². The van der Waals surface area contributed by atoms with E-state index in [2.05, 4.69) is 19.2 Å². The Morgan fingerprint density at radius 2 is 1.59 bits per heavy atom. The third-order valence-electron chi connectivity index (χ3n) is 5.59. The number of carbonyl (C=O) groups excluding carboxylic acids is 2. The predicted octanol–water partition coefficient (Wildman–Crippen LogP) is 5.17. The van der Waals surface area contributed by atoms with E-state index in [0.29, 0.717) is 23.7 Å². The second kappa shape index (κ2) is 11.1. The van der Waals surface area contributed by atoms with Crippen molar-refractivity contribution < 1.29 is 14.3 Å². The third-order valence-corrected chi connectivity index (χ3v) is 5.59. The maximum Gasteiger partial charge on any atom is 0.264 e. The highest BCUT2D eigenvalue weighted by Crippen LogP contribution is 2.28. The summed E-state index contributed by atoms with van der Waals surface area (Å²) in [5.74, 6) is 0.602. The fraction of sp³-hybridized carbons (Fsp3) is 0.259. The number of nitrogens with one attached hydrogen (secondary N) is 1. The summed E-state index contributed by atoms with van der Waals surface area (Å²) >= 11 is 0. The van der Waals surface area contributed by atoms with Gasteiger partial charge in [-0.1, -0.05) is 74.5 Å². The minimum atomic E-state index is -0.230. The van der Waals surface area contributed by atoms with Crippen molar-refractivity contribution in [2.45, 2.75) is 32.7 Å². The van der Waals surface area contributed by atoms with Crippen LogP contribution in [0, 0.1) is 0 Å².